The van der Waals surface area contributed by atoms with Gasteiger partial charge in [0.15, 0.2) is 0 Å². The molecule has 0 unspecified atom stereocenters. The molecule has 0 aliphatic rings. The van der Waals surface area contributed by atoms with E-state index in [1.165, 1.54) is 0 Å². The third-order valence-corrected chi connectivity index (χ3v) is 2.95. The van der Waals surface area contributed by atoms with Crippen molar-refractivity contribution in [2.75, 3.05) is 6.61 Å². The number of carbonyl (C=O) groups is 1. The standard InChI is InChI=1S/C18H18O2/c1-2-20-18(19)14-13-17(15-9-5-3-6-10-15)16-11-7-4-8-12-16/h3-13H,2,14H2,1H3. The molecule has 2 aromatic rings. The van der Waals surface area contributed by atoms with Gasteiger partial charge in [0.2, 0.25) is 0 Å². The van der Waals surface area contributed by atoms with Crippen LogP contribution in [0.1, 0.15) is 24.5 Å². The third kappa shape index (κ3) is 3.82. The first-order chi connectivity index (χ1) is 9.81. The molecule has 0 fully saturated rings. The SMILES string of the molecule is CCOC(=O)CC=C(c1ccccc1)c1ccccc1. The second-order valence-electron chi connectivity index (χ2n) is 4.36. The number of ether oxygens (including phenoxy) is 1. The highest BCUT2D eigenvalue weighted by Crippen LogP contribution is 2.23. The average molecular weight is 266 g/mol. The first-order valence-corrected chi connectivity index (χ1v) is 6.78. The molecule has 0 saturated carbocycles. The summed E-state index contributed by atoms with van der Waals surface area (Å²) in [4.78, 5) is 11.5. The van der Waals surface area contributed by atoms with Crippen LogP contribution in [0.4, 0.5) is 0 Å². The van der Waals surface area contributed by atoms with Crippen LogP contribution in [0.25, 0.3) is 5.57 Å². The zero-order chi connectivity index (χ0) is 14.2. The predicted molar refractivity (Wildman–Crippen MR) is 81.2 cm³/mol. The number of rotatable bonds is 5. The monoisotopic (exact) mass is 266 g/mol. The van der Waals surface area contributed by atoms with Crippen LogP contribution in [0.15, 0.2) is 66.7 Å². The quantitative estimate of drug-likeness (QED) is 0.762. The molecule has 20 heavy (non-hydrogen) atoms. The average Bonchev–Trinajstić information content (AvgIpc) is 2.50. The van der Waals surface area contributed by atoms with Gasteiger partial charge in [-0.25, -0.2) is 0 Å². The van der Waals surface area contributed by atoms with Crippen LogP contribution < -0.4 is 0 Å². The molecule has 102 valence electrons. The molecule has 0 atom stereocenters. The zero-order valence-corrected chi connectivity index (χ0v) is 11.6. The fourth-order valence-electron chi connectivity index (χ4n) is 2.04. The van der Waals surface area contributed by atoms with Gasteiger partial charge in [-0.05, 0) is 23.6 Å². The van der Waals surface area contributed by atoms with Gasteiger partial charge >= 0.3 is 5.97 Å². The van der Waals surface area contributed by atoms with E-state index >= 15 is 0 Å². The van der Waals surface area contributed by atoms with Crippen molar-refractivity contribution in [3.8, 4) is 0 Å². The third-order valence-electron chi connectivity index (χ3n) is 2.95. The van der Waals surface area contributed by atoms with Crippen LogP contribution in [0.2, 0.25) is 0 Å². The fraction of sp³-hybridized carbons (Fsp3) is 0.167. The van der Waals surface area contributed by atoms with E-state index in [1.807, 2.05) is 73.7 Å². The summed E-state index contributed by atoms with van der Waals surface area (Å²) in [5.74, 6) is -0.197. The predicted octanol–water partition coefficient (Wildman–Crippen LogP) is 4.07. The van der Waals surface area contributed by atoms with Crippen LogP contribution in [0, 0.1) is 0 Å². The van der Waals surface area contributed by atoms with Gasteiger partial charge in [-0.1, -0.05) is 66.7 Å². The van der Waals surface area contributed by atoms with Crippen LogP contribution in [-0.2, 0) is 9.53 Å². The number of benzene rings is 2. The molecule has 0 heterocycles. The number of hydrogen-bond acceptors (Lipinski definition) is 2. The van der Waals surface area contributed by atoms with Crippen molar-refractivity contribution in [1.82, 2.24) is 0 Å². The Labute approximate surface area is 119 Å². The number of hydrogen-bond donors (Lipinski definition) is 0. The molecule has 2 nitrogen and oxygen atoms in total. The molecule has 0 aliphatic heterocycles. The molecule has 0 N–H and O–H groups in total. The lowest BCUT2D eigenvalue weighted by molar-refractivity contribution is -0.142. The summed E-state index contributed by atoms with van der Waals surface area (Å²) in [6.07, 6.45) is 2.22. The second kappa shape index (κ2) is 7.29. The van der Waals surface area contributed by atoms with Gasteiger partial charge in [-0.3, -0.25) is 4.79 Å². The summed E-state index contributed by atoms with van der Waals surface area (Å²) in [6, 6.07) is 20.1. The maximum absolute atomic E-state index is 11.5. The molecule has 2 aromatic carbocycles. The second-order valence-corrected chi connectivity index (χ2v) is 4.36. The van der Waals surface area contributed by atoms with Crippen LogP contribution >= 0.6 is 0 Å². The molecule has 0 amide bonds. The van der Waals surface area contributed by atoms with Gasteiger partial charge in [0, 0.05) is 0 Å². The van der Waals surface area contributed by atoms with E-state index in [1.54, 1.807) is 0 Å². The molecule has 0 saturated heterocycles. The van der Waals surface area contributed by atoms with Crippen molar-refractivity contribution in [2.24, 2.45) is 0 Å². The number of carbonyl (C=O) groups excluding carboxylic acids is 1. The summed E-state index contributed by atoms with van der Waals surface area (Å²) in [5.41, 5.74) is 3.25. The number of esters is 1. The van der Waals surface area contributed by atoms with Crippen molar-refractivity contribution in [1.29, 1.82) is 0 Å². The van der Waals surface area contributed by atoms with Gasteiger partial charge < -0.3 is 4.74 Å². The Morgan fingerprint density at radius 2 is 1.45 bits per heavy atom. The van der Waals surface area contributed by atoms with Crippen molar-refractivity contribution in [3.63, 3.8) is 0 Å². The maximum Gasteiger partial charge on any atom is 0.309 e. The van der Waals surface area contributed by atoms with Crippen molar-refractivity contribution in [2.45, 2.75) is 13.3 Å². The smallest absolute Gasteiger partial charge is 0.309 e. The summed E-state index contributed by atoms with van der Waals surface area (Å²) in [6.45, 7) is 2.23. The Bertz CT molecular complexity index is 529. The summed E-state index contributed by atoms with van der Waals surface area (Å²) >= 11 is 0. The molecule has 0 spiro atoms. The summed E-state index contributed by atoms with van der Waals surface area (Å²) in [5, 5.41) is 0. The van der Waals surface area contributed by atoms with Gasteiger partial charge in [0.1, 0.15) is 0 Å². The van der Waals surface area contributed by atoms with Crippen LogP contribution in [0.3, 0.4) is 0 Å². The topological polar surface area (TPSA) is 26.3 Å². The van der Waals surface area contributed by atoms with E-state index in [0.29, 0.717) is 6.61 Å². The lowest BCUT2D eigenvalue weighted by atomic mass is 9.97. The van der Waals surface area contributed by atoms with E-state index in [4.69, 9.17) is 4.74 Å². The minimum absolute atomic E-state index is 0.197. The Morgan fingerprint density at radius 1 is 0.950 bits per heavy atom. The Kier molecular flexibility index (Phi) is 5.13. The van der Waals surface area contributed by atoms with Gasteiger partial charge in [-0.15, -0.1) is 0 Å². The molecule has 0 bridgehead atoms. The van der Waals surface area contributed by atoms with Crippen molar-refractivity contribution in [3.05, 3.63) is 77.9 Å². The van der Waals surface area contributed by atoms with Crippen molar-refractivity contribution < 1.29 is 9.53 Å². The van der Waals surface area contributed by atoms with E-state index in [0.717, 1.165) is 16.7 Å². The molecular weight excluding hydrogens is 248 g/mol. The van der Waals surface area contributed by atoms with Gasteiger partial charge in [-0.2, -0.15) is 0 Å². The van der Waals surface area contributed by atoms with Crippen LogP contribution in [0.5, 0.6) is 0 Å². The maximum atomic E-state index is 11.5. The first kappa shape index (κ1) is 14.1. The Morgan fingerprint density at radius 3 is 1.90 bits per heavy atom. The normalized spacial score (nSPS) is 9.85. The van der Waals surface area contributed by atoms with E-state index in [9.17, 15) is 4.79 Å². The minimum Gasteiger partial charge on any atom is -0.466 e. The molecule has 0 aromatic heterocycles. The zero-order valence-electron chi connectivity index (χ0n) is 11.6. The van der Waals surface area contributed by atoms with E-state index < -0.39 is 0 Å². The highest BCUT2D eigenvalue weighted by atomic mass is 16.5. The largest absolute Gasteiger partial charge is 0.466 e. The Hall–Kier alpha value is -2.35. The molecule has 0 aliphatic carbocycles. The Balaban J connectivity index is 2.30. The van der Waals surface area contributed by atoms with Crippen LogP contribution in [-0.4, -0.2) is 12.6 Å². The lowest BCUT2D eigenvalue weighted by Crippen LogP contribution is -2.02. The summed E-state index contributed by atoms with van der Waals surface area (Å²) in [7, 11) is 0. The van der Waals surface area contributed by atoms with E-state index in [2.05, 4.69) is 0 Å². The molecule has 0 radical (unpaired) electrons. The molecular formula is C18H18O2. The van der Waals surface area contributed by atoms with Crippen molar-refractivity contribution >= 4 is 11.5 Å². The highest BCUT2D eigenvalue weighted by Gasteiger charge is 2.06. The first-order valence-electron chi connectivity index (χ1n) is 6.78. The highest BCUT2D eigenvalue weighted by molar-refractivity contribution is 5.83. The molecule has 2 rings (SSSR count). The fourth-order valence-corrected chi connectivity index (χ4v) is 2.04. The minimum atomic E-state index is -0.197. The van der Waals surface area contributed by atoms with E-state index in [-0.39, 0.29) is 12.4 Å². The van der Waals surface area contributed by atoms with Gasteiger partial charge in [0.25, 0.3) is 0 Å². The summed E-state index contributed by atoms with van der Waals surface area (Å²) < 4.78 is 4.98. The lowest BCUT2D eigenvalue weighted by Gasteiger charge is -2.08. The molecule has 2 heteroatoms. The van der Waals surface area contributed by atoms with Gasteiger partial charge in [0.05, 0.1) is 13.0 Å².